The van der Waals surface area contributed by atoms with Crippen LogP contribution in [-0.2, 0) is 4.74 Å². The summed E-state index contributed by atoms with van der Waals surface area (Å²) in [7, 11) is 1.57. The van der Waals surface area contributed by atoms with Crippen LogP contribution in [0.1, 0.15) is 26.4 Å². The summed E-state index contributed by atoms with van der Waals surface area (Å²) in [4.78, 5) is 28.2. The lowest BCUT2D eigenvalue weighted by molar-refractivity contribution is 0.0934. The van der Waals surface area contributed by atoms with Gasteiger partial charge in [0.05, 0.1) is 12.3 Å². The first-order valence-corrected chi connectivity index (χ1v) is 8.36. The minimum atomic E-state index is -0.294. The average molecular weight is 351 g/mol. The maximum absolute atomic E-state index is 12.6. The number of hydrogen-bond acceptors (Lipinski definition) is 3. The highest BCUT2D eigenvalue weighted by molar-refractivity contribution is 6.15. The number of H-pyrrole nitrogens is 1. The SMILES string of the molecule is COCCNC(=O)c1[nH]c2ccccc2c1NC(=O)c1ccc(C)cc1. The smallest absolute Gasteiger partial charge is 0.269 e. The summed E-state index contributed by atoms with van der Waals surface area (Å²) < 4.78 is 4.95. The molecule has 0 bridgehead atoms. The number of anilines is 1. The van der Waals surface area contributed by atoms with E-state index in [9.17, 15) is 9.59 Å². The molecule has 1 heterocycles. The highest BCUT2D eigenvalue weighted by atomic mass is 16.5. The Morgan fingerprint density at radius 1 is 1.04 bits per heavy atom. The number of aryl methyl sites for hydroxylation is 1. The minimum absolute atomic E-state index is 0.263. The quantitative estimate of drug-likeness (QED) is 0.597. The molecular weight excluding hydrogens is 330 g/mol. The summed E-state index contributed by atoms with van der Waals surface area (Å²) in [6, 6.07) is 14.7. The van der Waals surface area contributed by atoms with E-state index in [4.69, 9.17) is 4.74 Å². The number of ether oxygens (including phenoxy) is 1. The fourth-order valence-electron chi connectivity index (χ4n) is 2.69. The van der Waals surface area contributed by atoms with Gasteiger partial charge < -0.3 is 20.4 Å². The zero-order valence-corrected chi connectivity index (χ0v) is 14.8. The Kier molecular flexibility index (Phi) is 5.34. The third-order valence-corrected chi connectivity index (χ3v) is 4.08. The number of fused-ring (bicyclic) bond motifs is 1. The number of nitrogens with one attached hydrogen (secondary N) is 3. The van der Waals surface area contributed by atoms with Gasteiger partial charge in [-0.05, 0) is 25.1 Å². The van der Waals surface area contributed by atoms with Crippen LogP contribution in [0.25, 0.3) is 10.9 Å². The first-order valence-electron chi connectivity index (χ1n) is 8.36. The second kappa shape index (κ2) is 7.84. The van der Waals surface area contributed by atoms with Crippen LogP contribution in [0.2, 0.25) is 0 Å². The predicted molar refractivity (Wildman–Crippen MR) is 102 cm³/mol. The predicted octanol–water partition coefficient (Wildman–Crippen LogP) is 3.10. The van der Waals surface area contributed by atoms with Crippen LogP contribution < -0.4 is 10.6 Å². The van der Waals surface area contributed by atoms with Gasteiger partial charge in [0.25, 0.3) is 11.8 Å². The maximum Gasteiger partial charge on any atom is 0.269 e. The maximum atomic E-state index is 12.6. The Balaban J connectivity index is 1.92. The van der Waals surface area contributed by atoms with Crippen LogP contribution >= 0.6 is 0 Å². The Labute approximate surface area is 151 Å². The first kappa shape index (κ1) is 17.7. The molecule has 0 fully saturated rings. The van der Waals surface area contributed by atoms with Gasteiger partial charge in [-0.2, -0.15) is 0 Å². The fourth-order valence-corrected chi connectivity index (χ4v) is 2.69. The monoisotopic (exact) mass is 351 g/mol. The van der Waals surface area contributed by atoms with E-state index in [0.717, 1.165) is 16.5 Å². The number of rotatable bonds is 6. The van der Waals surface area contributed by atoms with Crippen molar-refractivity contribution in [1.82, 2.24) is 10.3 Å². The lowest BCUT2D eigenvalue weighted by Crippen LogP contribution is -2.28. The highest BCUT2D eigenvalue weighted by Crippen LogP contribution is 2.28. The molecule has 2 aromatic carbocycles. The molecule has 26 heavy (non-hydrogen) atoms. The molecule has 3 aromatic rings. The van der Waals surface area contributed by atoms with E-state index in [0.29, 0.717) is 30.1 Å². The highest BCUT2D eigenvalue weighted by Gasteiger charge is 2.19. The van der Waals surface area contributed by atoms with Gasteiger partial charge in [-0.25, -0.2) is 0 Å². The lowest BCUT2D eigenvalue weighted by atomic mass is 10.1. The van der Waals surface area contributed by atoms with Crippen LogP contribution in [-0.4, -0.2) is 37.1 Å². The molecule has 1 aromatic heterocycles. The summed E-state index contributed by atoms with van der Waals surface area (Å²) in [5.74, 6) is -0.557. The number of amides is 2. The number of para-hydroxylation sites is 1. The Morgan fingerprint density at radius 3 is 2.50 bits per heavy atom. The molecular formula is C20H21N3O3. The summed E-state index contributed by atoms with van der Waals surface area (Å²) in [6.07, 6.45) is 0. The Bertz CT molecular complexity index is 929. The molecule has 0 saturated carbocycles. The van der Waals surface area contributed by atoms with Crippen LogP contribution in [0.3, 0.4) is 0 Å². The molecule has 2 amide bonds. The number of benzene rings is 2. The summed E-state index contributed by atoms with van der Waals surface area (Å²) >= 11 is 0. The molecule has 0 saturated heterocycles. The van der Waals surface area contributed by atoms with Crippen molar-refractivity contribution in [2.75, 3.05) is 25.6 Å². The van der Waals surface area contributed by atoms with Crippen molar-refractivity contribution >= 4 is 28.4 Å². The van der Waals surface area contributed by atoms with Gasteiger partial charge >= 0.3 is 0 Å². The van der Waals surface area contributed by atoms with Crippen LogP contribution in [0.15, 0.2) is 48.5 Å². The van der Waals surface area contributed by atoms with Crippen molar-refractivity contribution < 1.29 is 14.3 Å². The Hall–Kier alpha value is -3.12. The number of aromatic amines is 1. The summed E-state index contributed by atoms with van der Waals surface area (Å²) in [6.45, 7) is 2.76. The van der Waals surface area contributed by atoms with E-state index in [1.165, 1.54) is 0 Å². The average Bonchev–Trinajstić information content (AvgIpc) is 3.01. The molecule has 0 atom stereocenters. The molecule has 0 aliphatic rings. The number of hydrogen-bond donors (Lipinski definition) is 3. The van der Waals surface area contributed by atoms with Crippen molar-refractivity contribution in [3.05, 3.63) is 65.4 Å². The molecule has 134 valence electrons. The van der Waals surface area contributed by atoms with E-state index in [-0.39, 0.29) is 11.8 Å². The second-order valence-corrected chi connectivity index (χ2v) is 5.99. The normalized spacial score (nSPS) is 10.7. The third kappa shape index (κ3) is 3.75. The first-order chi connectivity index (χ1) is 12.6. The molecule has 0 radical (unpaired) electrons. The van der Waals surface area contributed by atoms with Crippen LogP contribution in [0.5, 0.6) is 0 Å². The summed E-state index contributed by atoms with van der Waals surface area (Å²) in [5, 5.41) is 6.44. The largest absolute Gasteiger partial charge is 0.383 e. The summed E-state index contributed by atoms with van der Waals surface area (Å²) in [5.41, 5.74) is 3.19. The van der Waals surface area contributed by atoms with Gasteiger partial charge in [0.1, 0.15) is 5.69 Å². The molecule has 0 aliphatic heterocycles. The molecule has 3 rings (SSSR count). The van der Waals surface area contributed by atoms with Gasteiger partial charge in [0.2, 0.25) is 0 Å². The standard InChI is InChI=1S/C20H21N3O3/c1-13-7-9-14(10-8-13)19(24)23-17-15-5-3-4-6-16(15)22-18(17)20(25)21-11-12-26-2/h3-10,22H,11-12H2,1-2H3,(H,21,25)(H,23,24). The van der Waals surface area contributed by atoms with Gasteiger partial charge in [-0.1, -0.05) is 35.9 Å². The molecule has 0 spiro atoms. The third-order valence-electron chi connectivity index (χ3n) is 4.08. The molecule has 6 nitrogen and oxygen atoms in total. The van der Waals surface area contributed by atoms with E-state index in [1.54, 1.807) is 19.2 Å². The number of aromatic nitrogens is 1. The van der Waals surface area contributed by atoms with E-state index in [2.05, 4.69) is 15.6 Å². The van der Waals surface area contributed by atoms with E-state index >= 15 is 0 Å². The Morgan fingerprint density at radius 2 is 1.77 bits per heavy atom. The van der Waals surface area contributed by atoms with Gasteiger partial charge in [0.15, 0.2) is 0 Å². The van der Waals surface area contributed by atoms with E-state index < -0.39 is 0 Å². The second-order valence-electron chi connectivity index (χ2n) is 5.99. The number of carbonyl (C=O) groups excluding carboxylic acids is 2. The lowest BCUT2D eigenvalue weighted by Gasteiger charge is -2.08. The van der Waals surface area contributed by atoms with Crippen molar-refractivity contribution in [2.24, 2.45) is 0 Å². The topological polar surface area (TPSA) is 83.2 Å². The van der Waals surface area contributed by atoms with Crippen molar-refractivity contribution in [3.63, 3.8) is 0 Å². The van der Waals surface area contributed by atoms with Crippen molar-refractivity contribution in [1.29, 1.82) is 0 Å². The van der Waals surface area contributed by atoms with Crippen LogP contribution in [0, 0.1) is 6.92 Å². The van der Waals surface area contributed by atoms with Gasteiger partial charge in [-0.15, -0.1) is 0 Å². The van der Waals surface area contributed by atoms with Gasteiger partial charge in [0, 0.05) is 30.1 Å². The van der Waals surface area contributed by atoms with E-state index in [1.807, 2.05) is 43.3 Å². The number of methoxy groups -OCH3 is 1. The molecule has 6 heteroatoms. The fraction of sp³-hybridized carbons (Fsp3) is 0.200. The zero-order chi connectivity index (χ0) is 18.5. The van der Waals surface area contributed by atoms with Gasteiger partial charge in [-0.3, -0.25) is 9.59 Å². The molecule has 0 unspecified atom stereocenters. The minimum Gasteiger partial charge on any atom is -0.383 e. The zero-order valence-electron chi connectivity index (χ0n) is 14.8. The molecule has 0 aliphatic carbocycles. The van der Waals surface area contributed by atoms with Crippen molar-refractivity contribution in [3.8, 4) is 0 Å². The molecule has 3 N–H and O–H groups in total. The number of carbonyl (C=O) groups is 2. The van der Waals surface area contributed by atoms with Crippen LogP contribution in [0.4, 0.5) is 5.69 Å². The van der Waals surface area contributed by atoms with Crippen molar-refractivity contribution in [2.45, 2.75) is 6.92 Å².